The Morgan fingerprint density at radius 1 is 0.875 bits per heavy atom. The second-order valence-electron chi connectivity index (χ2n) is 18.7. The van der Waals surface area contributed by atoms with Crippen molar-refractivity contribution < 1.29 is 9.59 Å². The quantitative estimate of drug-likeness (QED) is 0.261. The van der Waals surface area contributed by atoms with Gasteiger partial charge in [0.15, 0.2) is 0 Å². The number of nitrogens with one attached hydrogen (secondary N) is 1. The van der Waals surface area contributed by atoms with Gasteiger partial charge in [-0.05, 0) is 161 Å². The number of carbonyl (C=O) groups excluding carboxylic acids is 2. The molecule has 6 aliphatic rings. The van der Waals surface area contributed by atoms with Gasteiger partial charge in [0.1, 0.15) is 5.78 Å². The number of Topliss-reactive ketones (excluding diaryl/α,β-unsaturated/α-hetero) is 1. The van der Waals surface area contributed by atoms with E-state index < -0.39 is 0 Å². The Morgan fingerprint density at radius 3 is 2.31 bits per heavy atom. The van der Waals surface area contributed by atoms with Gasteiger partial charge < -0.3 is 5.32 Å². The van der Waals surface area contributed by atoms with Crippen molar-refractivity contribution in [1.82, 2.24) is 4.90 Å². The number of nitrogens with zero attached hydrogens (tertiary/aromatic N) is 1. The Morgan fingerprint density at radius 2 is 1.60 bits per heavy atom. The maximum atomic E-state index is 14.6. The van der Waals surface area contributed by atoms with Gasteiger partial charge in [-0.15, -0.1) is 0 Å². The van der Waals surface area contributed by atoms with E-state index in [1.165, 1.54) is 44.1 Å². The van der Waals surface area contributed by atoms with E-state index in [1.54, 1.807) is 0 Å². The lowest BCUT2D eigenvalue weighted by Crippen LogP contribution is -2.67. The Bertz CT molecular complexity index is 1510. The number of fused-ring (bicyclic) bond motifs is 7. The summed E-state index contributed by atoms with van der Waals surface area (Å²) in [5.41, 5.74) is 3.20. The molecule has 0 unspecified atom stereocenters. The van der Waals surface area contributed by atoms with E-state index in [9.17, 15) is 9.59 Å². The zero-order chi connectivity index (χ0) is 34.1. The summed E-state index contributed by atoms with van der Waals surface area (Å²) >= 11 is 0. The molecule has 9 atom stereocenters. The second-order valence-corrected chi connectivity index (χ2v) is 18.7. The number of piperidine rings is 1. The number of benzene rings is 1. The first-order valence-corrected chi connectivity index (χ1v) is 19.6. The molecular weight excluding hydrogens is 588 g/mol. The minimum atomic E-state index is -0.343. The number of rotatable bonds is 4. The predicted molar refractivity (Wildman–Crippen MR) is 196 cm³/mol. The lowest BCUT2D eigenvalue weighted by molar-refractivity contribution is -0.232. The largest absolute Gasteiger partial charge is 0.326 e. The number of carbonyl (C=O) groups is 2. The molecule has 1 aromatic carbocycles. The van der Waals surface area contributed by atoms with Gasteiger partial charge in [-0.3, -0.25) is 14.5 Å². The molecule has 4 heteroatoms. The molecule has 1 amide bonds. The maximum absolute atomic E-state index is 14.6. The number of allylic oxidation sites excluding steroid dienone is 1. The maximum Gasteiger partial charge on any atom is 0.230 e. The van der Waals surface area contributed by atoms with Crippen molar-refractivity contribution in [3.05, 3.63) is 42.0 Å². The van der Waals surface area contributed by atoms with Crippen LogP contribution in [0.4, 0.5) is 5.69 Å². The highest BCUT2D eigenvalue weighted by atomic mass is 16.2. The molecule has 0 radical (unpaired) electrons. The van der Waals surface area contributed by atoms with E-state index in [2.05, 4.69) is 82.3 Å². The average molecular weight is 651 g/mol. The van der Waals surface area contributed by atoms with Crippen molar-refractivity contribution in [2.24, 2.45) is 56.7 Å². The Balaban J connectivity index is 1.12. The van der Waals surface area contributed by atoms with Crippen molar-refractivity contribution in [1.29, 1.82) is 0 Å². The highest BCUT2D eigenvalue weighted by Gasteiger charge is 2.71. The highest BCUT2D eigenvalue weighted by molar-refractivity contribution is 5.96. The molecule has 6 fully saturated rings. The fourth-order valence-corrected chi connectivity index (χ4v) is 13.6. The monoisotopic (exact) mass is 650 g/mol. The van der Waals surface area contributed by atoms with Crippen molar-refractivity contribution >= 4 is 17.4 Å². The number of ketones is 1. The summed E-state index contributed by atoms with van der Waals surface area (Å²) < 4.78 is 0. The minimum Gasteiger partial charge on any atom is -0.326 e. The number of likely N-dealkylation sites (tertiary alicyclic amines) is 1. The minimum absolute atomic E-state index is 0.177. The first-order chi connectivity index (χ1) is 22.8. The van der Waals surface area contributed by atoms with Gasteiger partial charge in [-0.1, -0.05) is 65.0 Å². The van der Waals surface area contributed by atoms with E-state index >= 15 is 0 Å². The van der Waals surface area contributed by atoms with E-state index in [-0.39, 0.29) is 33.0 Å². The van der Waals surface area contributed by atoms with Crippen LogP contribution in [0.1, 0.15) is 131 Å². The lowest BCUT2D eigenvalue weighted by Gasteiger charge is -2.72. The Hall–Kier alpha value is -2.38. The molecule has 4 nitrogen and oxygen atoms in total. The Kier molecular flexibility index (Phi) is 8.62. The van der Waals surface area contributed by atoms with Crippen LogP contribution in [0.5, 0.6) is 0 Å². The van der Waals surface area contributed by atoms with E-state index in [0.717, 1.165) is 75.8 Å². The first-order valence-electron chi connectivity index (χ1n) is 19.6. The summed E-state index contributed by atoms with van der Waals surface area (Å²) in [5, 5.41) is 3.44. The van der Waals surface area contributed by atoms with Crippen molar-refractivity contribution in [2.45, 2.75) is 125 Å². The number of hydrogen-bond acceptors (Lipinski definition) is 3. The van der Waals surface area contributed by atoms with Crippen LogP contribution in [0.15, 0.2) is 36.4 Å². The molecule has 0 spiro atoms. The summed E-state index contributed by atoms with van der Waals surface area (Å²) in [7, 11) is 0. The van der Waals surface area contributed by atoms with Crippen LogP contribution in [0.3, 0.4) is 0 Å². The van der Waals surface area contributed by atoms with Gasteiger partial charge in [0.2, 0.25) is 5.91 Å². The topological polar surface area (TPSA) is 49.4 Å². The van der Waals surface area contributed by atoms with Crippen LogP contribution >= 0.6 is 0 Å². The predicted octanol–water partition coefficient (Wildman–Crippen LogP) is 9.69. The van der Waals surface area contributed by atoms with Crippen LogP contribution in [0.2, 0.25) is 0 Å². The van der Waals surface area contributed by atoms with E-state index in [4.69, 9.17) is 0 Å². The summed E-state index contributed by atoms with van der Waals surface area (Å²) in [6.45, 7) is 22.2. The molecule has 1 heterocycles. The van der Waals surface area contributed by atoms with Crippen LogP contribution < -0.4 is 5.32 Å². The fraction of sp³-hybridized carbons (Fsp3) is 0.727. The zero-order valence-corrected chi connectivity index (χ0v) is 31.0. The van der Waals surface area contributed by atoms with Gasteiger partial charge in [0, 0.05) is 23.1 Å². The molecule has 1 saturated heterocycles. The molecular formula is C44H62N2O2. The summed E-state index contributed by atoms with van der Waals surface area (Å²) in [4.78, 5) is 30.3. The molecule has 48 heavy (non-hydrogen) atoms. The molecule has 5 aliphatic carbocycles. The van der Waals surface area contributed by atoms with E-state index in [1.807, 2.05) is 12.1 Å². The normalized spacial score (nSPS) is 41.9. The van der Waals surface area contributed by atoms with Crippen molar-refractivity contribution in [2.75, 3.05) is 25.0 Å². The lowest BCUT2D eigenvalue weighted by atomic mass is 9.32. The average Bonchev–Trinajstić information content (AvgIpc) is 3.46. The molecule has 1 N–H and O–H groups in total. The smallest absolute Gasteiger partial charge is 0.230 e. The fourth-order valence-electron chi connectivity index (χ4n) is 13.6. The third-order valence-corrected chi connectivity index (χ3v) is 16.4. The van der Waals surface area contributed by atoms with Crippen LogP contribution in [0.25, 0.3) is 0 Å². The molecule has 0 aromatic heterocycles. The van der Waals surface area contributed by atoms with Gasteiger partial charge in [-0.25, -0.2) is 0 Å². The zero-order valence-electron chi connectivity index (χ0n) is 31.0. The van der Waals surface area contributed by atoms with Gasteiger partial charge >= 0.3 is 0 Å². The van der Waals surface area contributed by atoms with Crippen LogP contribution in [-0.4, -0.2) is 36.2 Å². The second kappa shape index (κ2) is 12.1. The van der Waals surface area contributed by atoms with Crippen LogP contribution in [0, 0.1) is 68.5 Å². The third kappa shape index (κ3) is 5.10. The van der Waals surface area contributed by atoms with Crippen molar-refractivity contribution in [3.63, 3.8) is 0 Å². The molecule has 5 saturated carbocycles. The number of amides is 1. The highest BCUT2D eigenvalue weighted by Crippen LogP contribution is 2.77. The third-order valence-electron chi connectivity index (χ3n) is 16.4. The molecule has 7 rings (SSSR count). The first kappa shape index (κ1) is 34.1. The van der Waals surface area contributed by atoms with Gasteiger partial charge in [-0.2, -0.15) is 0 Å². The summed E-state index contributed by atoms with van der Waals surface area (Å²) in [6, 6.07) is 8.23. The SMILES string of the molecule is C=C(C)[C@@H]1CC[C@]2(C(=O)Nc3ccc(C#CCN4CCCCC4)cc3)CC[C@]3(C)[C@H](CC[C@@H]4[C@@]5(C)CCC(=O)C(C)(C)[C@@H]5CC[C@]43C)[C@@H]12. The summed E-state index contributed by atoms with van der Waals surface area (Å²) in [6.07, 6.45) is 14.6. The molecule has 1 aliphatic heterocycles. The van der Waals surface area contributed by atoms with Crippen LogP contribution in [-0.2, 0) is 9.59 Å². The van der Waals surface area contributed by atoms with E-state index in [0.29, 0.717) is 35.4 Å². The number of hydrogen-bond donors (Lipinski definition) is 1. The standard InChI is InChI=1S/C44H62N2O2/c1-30(2)33-19-24-44(39(48)45-32-15-13-31(14-16-32)12-11-29-46-27-9-8-10-28-46)26-25-42(6)34(38(33)44)17-18-36-41(5)22-21-37(47)40(3,4)35(41)20-23-43(36,42)7/h13-16,33-36,38H,1,8-10,17-29H2,2-7H3,(H,45,48)/t33-,34+,35-,36+,38+,41-,42+,43+,44-/m0/s1. The molecule has 260 valence electrons. The summed E-state index contributed by atoms with van der Waals surface area (Å²) in [5.74, 6) is 9.78. The van der Waals surface area contributed by atoms with Crippen molar-refractivity contribution in [3.8, 4) is 11.8 Å². The number of anilines is 1. The molecule has 1 aromatic rings. The van der Waals surface area contributed by atoms with Gasteiger partial charge in [0.05, 0.1) is 12.0 Å². The Labute approximate surface area is 291 Å². The van der Waals surface area contributed by atoms with Gasteiger partial charge in [0.25, 0.3) is 0 Å². The molecule has 0 bridgehead atoms.